The number of nitrogens with zero attached hydrogens (tertiary/aromatic N) is 1. The summed E-state index contributed by atoms with van der Waals surface area (Å²) in [7, 11) is 0. The van der Waals surface area contributed by atoms with Crippen molar-refractivity contribution in [3.63, 3.8) is 0 Å². The Morgan fingerprint density at radius 3 is 1.90 bits per heavy atom. The number of unbranched alkanes of at least 4 members (excludes halogenated alkanes) is 1. The topological polar surface area (TPSA) is 78.5 Å². The summed E-state index contributed by atoms with van der Waals surface area (Å²) in [6, 6.07) is 12.4. The van der Waals surface area contributed by atoms with E-state index >= 15 is 0 Å². The summed E-state index contributed by atoms with van der Waals surface area (Å²) < 4.78 is 25.3. The van der Waals surface area contributed by atoms with Crippen molar-refractivity contribution in [3.05, 3.63) is 71.3 Å². The molecule has 8 heteroatoms. The third kappa shape index (κ3) is 26.5. The van der Waals surface area contributed by atoms with E-state index in [9.17, 15) is 23.2 Å². The maximum absolute atomic E-state index is 12.9. The van der Waals surface area contributed by atoms with E-state index < -0.39 is 11.6 Å². The van der Waals surface area contributed by atoms with Gasteiger partial charge >= 0.3 is 0 Å². The smallest absolute Gasteiger partial charge is 0.251 e. The van der Waals surface area contributed by atoms with Gasteiger partial charge in [0.1, 0.15) is 17.4 Å². The lowest BCUT2D eigenvalue weighted by molar-refractivity contribution is -0.118. The van der Waals surface area contributed by atoms with Gasteiger partial charge in [0.2, 0.25) is 6.41 Å². The zero-order chi connectivity index (χ0) is 31.2. The second kappa shape index (κ2) is 30.4. The fourth-order valence-electron chi connectivity index (χ4n) is 2.47. The van der Waals surface area contributed by atoms with E-state index in [1.165, 1.54) is 31.9 Å². The second-order valence-electron chi connectivity index (χ2n) is 8.77. The van der Waals surface area contributed by atoms with E-state index in [1.807, 2.05) is 19.9 Å². The van der Waals surface area contributed by atoms with Gasteiger partial charge in [0.25, 0.3) is 5.91 Å². The molecule has 0 unspecified atom stereocenters. The minimum Gasteiger partial charge on any atom is -0.346 e. The van der Waals surface area contributed by atoms with Gasteiger partial charge in [0.15, 0.2) is 0 Å². The molecule has 0 aliphatic heterocycles. The van der Waals surface area contributed by atoms with Gasteiger partial charge in [-0.1, -0.05) is 85.1 Å². The van der Waals surface area contributed by atoms with Crippen LogP contribution < -0.4 is 10.6 Å². The number of hydrogen-bond acceptors (Lipinski definition) is 4. The zero-order valence-corrected chi connectivity index (χ0v) is 26.0. The van der Waals surface area contributed by atoms with Gasteiger partial charge in [-0.2, -0.15) is 0 Å². The number of amides is 2. The van der Waals surface area contributed by atoms with Gasteiger partial charge in [-0.3, -0.25) is 14.4 Å². The van der Waals surface area contributed by atoms with E-state index in [0.717, 1.165) is 45.0 Å². The third-order valence-corrected chi connectivity index (χ3v) is 4.47. The fourth-order valence-corrected chi connectivity index (χ4v) is 2.47. The van der Waals surface area contributed by atoms with Gasteiger partial charge in [-0.25, -0.2) is 8.78 Å². The van der Waals surface area contributed by atoms with Crippen molar-refractivity contribution in [2.75, 3.05) is 26.2 Å². The molecular weight excluding hydrogens is 512 g/mol. The van der Waals surface area contributed by atoms with Crippen molar-refractivity contribution in [2.24, 2.45) is 0 Å². The monoisotopic (exact) mass is 565 g/mol. The fraction of sp³-hybridized carbons (Fsp3) is 0.531. The number of Topliss-reactive ketones (excluding diaryl/α,β-unsaturated/α-hetero) is 1. The van der Waals surface area contributed by atoms with Crippen LogP contribution in [0, 0.1) is 11.6 Å². The normalized spacial score (nSPS) is 9.05. The Balaban J connectivity index is -0.000000472. The molecule has 2 N–H and O–H groups in total. The van der Waals surface area contributed by atoms with Crippen LogP contribution in [0.25, 0.3) is 0 Å². The van der Waals surface area contributed by atoms with Crippen molar-refractivity contribution >= 4 is 18.1 Å². The van der Waals surface area contributed by atoms with Crippen LogP contribution >= 0.6 is 0 Å². The molecule has 2 aromatic carbocycles. The molecule has 0 saturated heterocycles. The summed E-state index contributed by atoms with van der Waals surface area (Å²) in [6.07, 6.45) is 5.69. The van der Waals surface area contributed by atoms with E-state index in [4.69, 9.17) is 0 Å². The lowest BCUT2D eigenvalue weighted by atomic mass is 10.2. The van der Waals surface area contributed by atoms with E-state index in [1.54, 1.807) is 29.2 Å². The Morgan fingerprint density at radius 1 is 0.900 bits per heavy atom. The first kappa shape index (κ1) is 41.4. The maximum Gasteiger partial charge on any atom is 0.251 e. The van der Waals surface area contributed by atoms with Gasteiger partial charge in [-0.15, -0.1) is 0 Å². The lowest BCUT2D eigenvalue weighted by Gasteiger charge is -2.12. The van der Waals surface area contributed by atoms with Crippen LogP contribution in [0.3, 0.4) is 0 Å². The number of rotatable bonds is 11. The standard InChI is InChI=1S/C10H11NO2.C9H11F2N.C7H15NO.2C3H8/c1-8(12)7-11-10(13)9-5-3-2-4-6-9;1-2-12-6-7-3-4-8(10)5-9(7)11;1-3-5-6-8(4-2)7-9;2*1-3-2/h2-6H,7H2,1H3,(H,11,13);3-5,12H,2,6H2,1H3;7H,3-6H2,1-2H3;2*3H2,1-2H3. The summed E-state index contributed by atoms with van der Waals surface area (Å²) >= 11 is 0. The molecule has 0 radical (unpaired) electrons. The third-order valence-electron chi connectivity index (χ3n) is 4.47. The van der Waals surface area contributed by atoms with Crippen molar-refractivity contribution in [2.45, 2.75) is 87.6 Å². The molecule has 0 spiro atoms. The van der Waals surface area contributed by atoms with Crippen molar-refractivity contribution in [1.29, 1.82) is 0 Å². The molecule has 0 aliphatic carbocycles. The molecule has 0 aliphatic rings. The molecule has 228 valence electrons. The Labute approximate surface area is 241 Å². The number of benzene rings is 2. The van der Waals surface area contributed by atoms with Crippen LogP contribution in [0.2, 0.25) is 0 Å². The van der Waals surface area contributed by atoms with Crippen molar-refractivity contribution in [1.82, 2.24) is 15.5 Å². The highest BCUT2D eigenvalue weighted by Crippen LogP contribution is 2.08. The number of hydrogen-bond donors (Lipinski definition) is 2. The van der Waals surface area contributed by atoms with Crippen LogP contribution in [-0.4, -0.2) is 49.2 Å². The Bertz CT molecular complexity index is 879. The first-order valence-electron chi connectivity index (χ1n) is 14.3. The maximum atomic E-state index is 12.9. The predicted octanol–water partition coefficient (Wildman–Crippen LogP) is 7.18. The SMILES string of the molecule is CC(=O)CNC(=O)c1ccccc1.CCC.CCC.CCCCN(C=O)CC.CCNCc1ccc(F)cc1F. The molecule has 0 aromatic heterocycles. The number of carbonyl (C=O) groups excluding carboxylic acids is 3. The van der Waals surface area contributed by atoms with Gasteiger partial charge in [0, 0.05) is 36.8 Å². The lowest BCUT2D eigenvalue weighted by Crippen LogP contribution is -2.28. The first-order valence-corrected chi connectivity index (χ1v) is 14.3. The average molecular weight is 566 g/mol. The van der Waals surface area contributed by atoms with E-state index in [2.05, 4.69) is 45.3 Å². The highest BCUT2D eigenvalue weighted by Gasteiger charge is 2.04. The summed E-state index contributed by atoms with van der Waals surface area (Å²) in [5.41, 5.74) is 1.07. The Hall–Kier alpha value is -3.13. The minimum atomic E-state index is -0.534. The van der Waals surface area contributed by atoms with Crippen LogP contribution in [-0.2, 0) is 16.1 Å². The molecule has 6 nitrogen and oxygen atoms in total. The highest BCUT2D eigenvalue weighted by molar-refractivity contribution is 5.96. The molecule has 0 heterocycles. The average Bonchev–Trinajstić information content (AvgIpc) is 2.94. The zero-order valence-electron chi connectivity index (χ0n) is 26.0. The van der Waals surface area contributed by atoms with Crippen LogP contribution in [0.4, 0.5) is 8.78 Å². The second-order valence-corrected chi connectivity index (χ2v) is 8.77. The molecular formula is C32H53F2N3O3. The predicted molar refractivity (Wildman–Crippen MR) is 163 cm³/mol. The van der Waals surface area contributed by atoms with Crippen LogP contribution in [0.5, 0.6) is 0 Å². The van der Waals surface area contributed by atoms with Gasteiger partial charge < -0.3 is 15.5 Å². The summed E-state index contributed by atoms with van der Waals surface area (Å²) in [5, 5.41) is 5.47. The van der Waals surface area contributed by atoms with Crippen LogP contribution in [0.15, 0.2) is 48.5 Å². The largest absolute Gasteiger partial charge is 0.346 e. The summed E-state index contributed by atoms with van der Waals surface area (Å²) in [5.74, 6) is -1.29. The number of halogens is 2. The Morgan fingerprint density at radius 2 is 1.48 bits per heavy atom. The molecule has 2 rings (SSSR count). The van der Waals surface area contributed by atoms with E-state index in [-0.39, 0.29) is 18.2 Å². The summed E-state index contributed by atoms with van der Waals surface area (Å²) in [4.78, 5) is 33.8. The number of ketones is 1. The molecule has 2 aromatic rings. The molecule has 0 saturated carbocycles. The van der Waals surface area contributed by atoms with E-state index in [0.29, 0.717) is 17.7 Å². The van der Waals surface area contributed by atoms with Gasteiger partial charge in [-0.05, 0) is 45.0 Å². The van der Waals surface area contributed by atoms with Crippen molar-refractivity contribution in [3.8, 4) is 0 Å². The Kier molecular flexibility index (Phi) is 31.4. The van der Waals surface area contributed by atoms with Crippen molar-refractivity contribution < 1.29 is 23.2 Å². The number of carbonyl (C=O) groups is 3. The summed E-state index contributed by atoms with van der Waals surface area (Å²) in [6.45, 7) is 19.0. The molecule has 0 fully saturated rings. The molecule has 40 heavy (non-hydrogen) atoms. The molecule has 0 atom stereocenters. The number of nitrogens with one attached hydrogen (secondary N) is 2. The molecule has 0 bridgehead atoms. The first-order chi connectivity index (χ1) is 19.1. The molecule has 2 amide bonds. The minimum absolute atomic E-state index is 0.0516. The highest BCUT2D eigenvalue weighted by atomic mass is 19.1. The quantitative estimate of drug-likeness (QED) is 0.283. The van der Waals surface area contributed by atoms with Gasteiger partial charge in [0.05, 0.1) is 6.54 Å². The van der Waals surface area contributed by atoms with Crippen LogP contribution in [0.1, 0.15) is 97.0 Å².